The summed E-state index contributed by atoms with van der Waals surface area (Å²) in [5, 5.41) is 5.46. The minimum absolute atomic E-state index is 0.0508. The van der Waals surface area contributed by atoms with E-state index in [-0.39, 0.29) is 31.8 Å². The number of hydrogen-bond acceptors (Lipinski definition) is 6. The van der Waals surface area contributed by atoms with Crippen molar-refractivity contribution < 1.29 is 18.3 Å². The van der Waals surface area contributed by atoms with Crippen LogP contribution in [0, 0.1) is 0 Å². The smallest absolute Gasteiger partial charge is 0.255 e. The summed E-state index contributed by atoms with van der Waals surface area (Å²) in [5.74, 6) is -2.27. The molecule has 0 radical (unpaired) electrons. The van der Waals surface area contributed by atoms with Crippen molar-refractivity contribution in [1.29, 1.82) is 0 Å². The van der Waals surface area contributed by atoms with E-state index < -0.39 is 5.92 Å². The Balaban J connectivity index is 1.26. The Morgan fingerprint density at radius 2 is 1.91 bits per heavy atom. The molecule has 11 heteroatoms. The van der Waals surface area contributed by atoms with Crippen LogP contribution in [0.2, 0.25) is 0 Å². The lowest BCUT2D eigenvalue weighted by atomic mass is 10.1. The lowest BCUT2D eigenvalue weighted by molar-refractivity contribution is -0.0494. The van der Waals surface area contributed by atoms with Gasteiger partial charge >= 0.3 is 0 Å². The first-order valence-electron chi connectivity index (χ1n) is 11.8. The van der Waals surface area contributed by atoms with Crippen molar-refractivity contribution in [2.75, 3.05) is 44.3 Å². The number of nitrogens with zero attached hydrogens (tertiary/aromatic N) is 7. The molecule has 9 nitrogen and oxygen atoms in total. The van der Waals surface area contributed by atoms with Gasteiger partial charge in [-0.15, -0.1) is 5.10 Å². The molecule has 0 aliphatic carbocycles. The van der Waals surface area contributed by atoms with Gasteiger partial charge in [0, 0.05) is 63.4 Å². The highest BCUT2D eigenvalue weighted by molar-refractivity contribution is 5.97. The number of likely N-dealkylation sites (tertiary alicyclic amines) is 1. The molecule has 0 bridgehead atoms. The van der Waals surface area contributed by atoms with Gasteiger partial charge in [-0.3, -0.25) is 9.36 Å². The maximum atomic E-state index is 13.5. The van der Waals surface area contributed by atoms with Crippen LogP contribution >= 0.6 is 0 Å². The van der Waals surface area contributed by atoms with Gasteiger partial charge in [0.05, 0.1) is 24.1 Å². The van der Waals surface area contributed by atoms with Gasteiger partial charge in [-0.1, -0.05) is 0 Å². The lowest BCUT2D eigenvalue weighted by Crippen LogP contribution is -2.42. The number of aromatic nitrogens is 5. The van der Waals surface area contributed by atoms with E-state index in [2.05, 4.69) is 20.0 Å². The highest BCUT2D eigenvalue weighted by atomic mass is 19.3. The predicted molar refractivity (Wildman–Crippen MR) is 125 cm³/mol. The molecule has 2 fully saturated rings. The molecule has 2 aliphatic rings. The summed E-state index contributed by atoms with van der Waals surface area (Å²) in [7, 11) is 0. The van der Waals surface area contributed by atoms with Crippen molar-refractivity contribution in [2.45, 2.75) is 25.2 Å². The highest BCUT2D eigenvalue weighted by Gasteiger charge is 2.35. The Labute approximate surface area is 199 Å². The van der Waals surface area contributed by atoms with Crippen LogP contribution in [-0.4, -0.2) is 80.3 Å². The molecule has 0 unspecified atom stereocenters. The SMILES string of the molecule is O=C(c1cnc2c(ccn2-c2ccc3nc(N4CCCOCC4)nn3c2)c1)N1CCC(F)(F)CC1. The number of anilines is 1. The standard InChI is InChI=1S/C24H25F2N7O2/c25-24(26)5-9-30(10-6-24)22(34)18-14-17-4-8-32(21(17)27-15-18)19-2-3-20-28-23(29-33(20)16-19)31-7-1-12-35-13-11-31/h2-4,8,14-16H,1,5-7,9-13H2. The number of carbonyl (C=O) groups excluding carboxylic acids is 1. The van der Waals surface area contributed by atoms with Gasteiger partial charge < -0.3 is 14.5 Å². The van der Waals surface area contributed by atoms with Crippen LogP contribution in [0.25, 0.3) is 22.4 Å². The summed E-state index contributed by atoms with van der Waals surface area (Å²) in [6.45, 7) is 3.14. The van der Waals surface area contributed by atoms with E-state index in [9.17, 15) is 13.6 Å². The first-order chi connectivity index (χ1) is 17.0. The average molecular weight is 482 g/mol. The topological polar surface area (TPSA) is 80.8 Å². The molecular weight excluding hydrogens is 456 g/mol. The van der Waals surface area contributed by atoms with E-state index in [0.29, 0.717) is 23.8 Å². The Kier molecular flexibility index (Phi) is 5.36. The molecule has 0 aromatic carbocycles. The number of pyridine rings is 2. The summed E-state index contributed by atoms with van der Waals surface area (Å²) >= 11 is 0. The van der Waals surface area contributed by atoms with Gasteiger partial charge in [-0.05, 0) is 30.7 Å². The van der Waals surface area contributed by atoms with Crippen LogP contribution in [0.15, 0.2) is 42.9 Å². The lowest BCUT2D eigenvalue weighted by Gasteiger charge is -2.31. The second kappa shape index (κ2) is 8.56. The monoisotopic (exact) mass is 481 g/mol. The number of ether oxygens (including phenoxy) is 1. The quantitative estimate of drug-likeness (QED) is 0.447. The largest absolute Gasteiger partial charge is 0.380 e. The summed E-state index contributed by atoms with van der Waals surface area (Å²) in [6.07, 6.45) is 5.64. The Bertz CT molecular complexity index is 1380. The molecule has 4 aromatic rings. The van der Waals surface area contributed by atoms with Crippen molar-refractivity contribution in [3.05, 3.63) is 48.4 Å². The molecule has 0 atom stereocenters. The number of piperidine rings is 1. The molecule has 1 amide bonds. The molecule has 0 saturated carbocycles. The van der Waals surface area contributed by atoms with Crippen molar-refractivity contribution in [3.8, 4) is 5.69 Å². The summed E-state index contributed by atoms with van der Waals surface area (Å²) in [5.41, 5.74) is 2.70. The minimum atomic E-state index is -2.69. The number of amides is 1. The summed E-state index contributed by atoms with van der Waals surface area (Å²) in [4.78, 5) is 25.6. The molecule has 4 aromatic heterocycles. The fraction of sp³-hybridized carbons (Fsp3) is 0.417. The maximum Gasteiger partial charge on any atom is 0.255 e. The predicted octanol–water partition coefficient (Wildman–Crippen LogP) is 3.17. The third-order valence-electron chi connectivity index (χ3n) is 6.64. The summed E-state index contributed by atoms with van der Waals surface area (Å²) in [6, 6.07) is 7.52. The molecule has 0 N–H and O–H groups in total. The zero-order valence-electron chi connectivity index (χ0n) is 19.1. The van der Waals surface area contributed by atoms with Gasteiger partial charge in [0.15, 0.2) is 5.65 Å². The number of rotatable bonds is 3. The molecule has 6 heterocycles. The van der Waals surface area contributed by atoms with Gasteiger partial charge in [-0.2, -0.15) is 4.98 Å². The number of halogens is 2. The number of alkyl halides is 2. The van der Waals surface area contributed by atoms with Crippen LogP contribution < -0.4 is 4.90 Å². The van der Waals surface area contributed by atoms with Crippen LogP contribution in [0.1, 0.15) is 29.6 Å². The Morgan fingerprint density at radius 1 is 1.06 bits per heavy atom. The van der Waals surface area contributed by atoms with E-state index in [4.69, 9.17) is 4.74 Å². The normalized spacial score (nSPS) is 18.8. The fourth-order valence-corrected chi connectivity index (χ4v) is 4.65. The van der Waals surface area contributed by atoms with Crippen molar-refractivity contribution >= 4 is 28.5 Å². The summed E-state index contributed by atoms with van der Waals surface area (Å²) < 4.78 is 36.1. The molecule has 0 spiro atoms. The van der Waals surface area contributed by atoms with Crippen LogP contribution in [0.3, 0.4) is 0 Å². The Hall–Kier alpha value is -3.60. The molecule has 2 aliphatic heterocycles. The van der Waals surface area contributed by atoms with Crippen LogP contribution in [0.4, 0.5) is 14.7 Å². The van der Waals surface area contributed by atoms with Gasteiger partial charge in [0.25, 0.3) is 11.8 Å². The number of fused-ring (bicyclic) bond motifs is 2. The van der Waals surface area contributed by atoms with Gasteiger partial charge in [-0.25, -0.2) is 18.3 Å². The second-order valence-corrected chi connectivity index (χ2v) is 9.03. The highest BCUT2D eigenvalue weighted by Crippen LogP contribution is 2.29. The van der Waals surface area contributed by atoms with E-state index in [1.807, 2.05) is 35.2 Å². The zero-order valence-corrected chi connectivity index (χ0v) is 19.1. The van der Waals surface area contributed by atoms with Crippen molar-refractivity contribution in [2.24, 2.45) is 0 Å². The first kappa shape index (κ1) is 21.9. The third kappa shape index (κ3) is 4.20. The average Bonchev–Trinajstić information content (AvgIpc) is 3.37. The van der Waals surface area contributed by atoms with Crippen LogP contribution in [-0.2, 0) is 4.74 Å². The number of carbonyl (C=O) groups is 1. The third-order valence-corrected chi connectivity index (χ3v) is 6.64. The zero-order chi connectivity index (χ0) is 24.0. The van der Waals surface area contributed by atoms with E-state index in [1.54, 1.807) is 10.6 Å². The Morgan fingerprint density at radius 3 is 2.77 bits per heavy atom. The molecule has 2 saturated heterocycles. The molecule has 182 valence electrons. The molecule has 35 heavy (non-hydrogen) atoms. The van der Waals surface area contributed by atoms with Crippen LogP contribution in [0.5, 0.6) is 0 Å². The van der Waals surface area contributed by atoms with E-state index >= 15 is 0 Å². The molecule has 6 rings (SSSR count). The van der Waals surface area contributed by atoms with E-state index in [0.717, 1.165) is 42.8 Å². The van der Waals surface area contributed by atoms with E-state index in [1.165, 1.54) is 11.1 Å². The number of hydrogen-bond donors (Lipinski definition) is 0. The van der Waals surface area contributed by atoms with Crippen molar-refractivity contribution in [1.82, 2.24) is 29.0 Å². The first-order valence-corrected chi connectivity index (χ1v) is 11.8. The van der Waals surface area contributed by atoms with Gasteiger partial charge in [0.2, 0.25) is 5.95 Å². The van der Waals surface area contributed by atoms with Crippen molar-refractivity contribution in [3.63, 3.8) is 0 Å². The second-order valence-electron chi connectivity index (χ2n) is 9.03. The fourth-order valence-electron chi connectivity index (χ4n) is 4.65. The molecular formula is C24H25F2N7O2. The van der Waals surface area contributed by atoms with Gasteiger partial charge in [0.1, 0.15) is 5.65 Å². The minimum Gasteiger partial charge on any atom is -0.380 e. The maximum absolute atomic E-state index is 13.5.